The van der Waals surface area contributed by atoms with Crippen LogP contribution in [-0.2, 0) is 0 Å². The first-order chi connectivity index (χ1) is 7.99. The van der Waals surface area contributed by atoms with Gasteiger partial charge in [-0.3, -0.25) is 10.1 Å². The van der Waals surface area contributed by atoms with Crippen molar-refractivity contribution in [3.05, 3.63) is 27.4 Å². The summed E-state index contributed by atoms with van der Waals surface area (Å²) in [5, 5.41) is 13.8. The van der Waals surface area contributed by atoms with Gasteiger partial charge in [0, 0.05) is 6.54 Å². The Morgan fingerprint density at radius 2 is 2.24 bits per heavy atom. The van der Waals surface area contributed by atoms with E-state index in [0.29, 0.717) is 11.7 Å². The molecule has 1 rings (SSSR count). The summed E-state index contributed by atoms with van der Waals surface area (Å²) in [7, 11) is 0. The molecule has 6 heteroatoms. The highest BCUT2D eigenvalue weighted by molar-refractivity contribution is 6.29. The molecule has 94 valence electrons. The van der Waals surface area contributed by atoms with Gasteiger partial charge in [0.2, 0.25) is 0 Å². The maximum atomic E-state index is 10.6. The average molecular weight is 258 g/mol. The van der Waals surface area contributed by atoms with E-state index in [1.165, 1.54) is 12.1 Å². The Balaban J connectivity index is 2.56. The monoisotopic (exact) mass is 257 g/mol. The number of hydrogen-bond acceptors (Lipinski definition) is 4. The zero-order valence-corrected chi connectivity index (χ0v) is 10.7. The summed E-state index contributed by atoms with van der Waals surface area (Å²) >= 11 is 5.70. The van der Waals surface area contributed by atoms with Crippen molar-refractivity contribution in [2.75, 3.05) is 11.9 Å². The van der Waals surface area contributed by atoms with Crippen LogP contribution < -0.4 is 5.32 Å². The molecular weight excluding hydrogens is 242 g/mol. The molecule has 5 nitrogen and oxygen atoms in total. The highest BCUT2D eigenvalue weighted by Crippen LogP contribution is 2.20. The Morgan fingerprint density at radius 3 is 2.82 bits per heavy atom. The summed E-state index contributed by atoms with van der Waals surface area (Å²) in [5.41, 5.74) is -0.0450. The Labute approximate surface area is 105 Å². The number of rotatable bonds is 6. The molecule has 0 fully saturated rings. The fourth-order valence-electron chi connectivity index (χ4n) is 1.41. The van der Waals surface area contributed by atoms with Gasteiger partial charge in [-0.25, -0.2) is 4.98 Å². The van der Waals surface area contributed by atoms with Crippen molar-refractivity contribution < 1.29 is 4.92 Å². The van der Waals surface area contributed by atoms with Crippen LogP contribution in [0.3, 0.4) is 0 Å². The molecule has 0 atom stereocenters. The van der Waals surface area contributed by atoms with Gasteiger partial charge in [0.1, 0.15) is 11.0 Å². The number of nitro groups is 1. The molecule has 0 aliphatic heterocycles. The van der Waals surface area contributed by atoms with E-state index in [1.807, 2.05) is 0 Å². The molecule has 0 spiro atoms. The van der Waals surface area contributed by atoms with Crippen molar-refractivity contribution in [2.45, 2.75) is 26.7 Å². The molecule has 1 aromatic heterocycles. The third kappa shape index (κ3) is 4.99. The van der Waals surface area contributed by atoms with Crippen LogP contribution in [0, 0.1) is 16.0 Å². The van der Waals surface area contributed by atoms with Gasteiger partial charge in [0.25, 0.3) is 5.69 Å². The zero-order valence-electron chi connectivity index (χ0n) is 9.94. The van der Waals surface area contributed by atoms with E-state index in [1.54, 1.807) is 0 Å². The predicted molar refractivity (Wildman–Crippen MR) is 68.5 cm³/mol. The molecule has 1 heterocycles. The lowest BCUT2D eigenvalue weighted by molar-refractivity contribution is -0.384. The van der Waals surface area contributed by atoms with Crippen molar-refractivity contribution in [1.29, 1.82) is 0 Å². The normalized spacial score (nSPS) is 10.6. The molecule has 0 unspecified atom stereocenters. The second-order valence-corrected chi connectivity index (χ2v) is 4.64. The van der Waals surface area contributed by atoms with Crippen molar-refractivity contribution in [3.8, 4) is 0 Å². The summed E-state index contributed by atoms with van der Waals surface area (Å²) < 4.78 is 0. The molecule has 0 aromatic carbocycles. The van der Waals surface area contributed by atoms with Crippen LogP contribution in [0.4, 0.5) is 11.5 Å². The van der Waals surface area contributed by atoms with Crippen LogP contribution in [-0.4, -0.2) is 16.5 Å². The molecule has 0 saturated carbocycles. The molecule has 1 N–H and O–H groups in total. The highest BCUT2D eigenvalue weighted by atomic mass is 35.5. The van der Waals surface area contributed by atoms with Gasteiger partial charge in [-0.1, -0.05) is 25.4 Å². The largest absolute Gasteiger partial charge is 0.370 e. The number of nitrogens with zero attached hydrogens (tertiary/aromatic N) is 2. The van der Waals surface area contributed by atoms with Gasteiger partial charge in [-0.15, -0.1) is 0 Å². The minimum Gasteiger partial charge on any atom is -0.370 e. The Morgan fingerprint density at radius 1 is 1.53 bits per heavy atom. The van der Waals surface area contributed by atoms with Crippen LogP contribution in [0.25, 0.3) is 0 Å². The van der Waals surface area contributed by atoms with Gasteiger partial charge in [-0.2, -0.15) is 0 Å². The third-order valence-electron chi connectivity index (χ3n) is 2.25. The molecule has 1 aromatic rings. The van der Waals surface area contributed by atoms with Crippen LogP contribution in [0.2, 0.25) is 5.15 Å². The number of pyridine rings is 1. The topological polar surface area (TPSA) is 68.1 Å². The standard InChI is InChI=1S/C11H16ClN3O2/c1-8(2)4-3-5-13-11-7-9(15(16)17)6-10(12)14-11/h6-8H,3-5H2,1-2H3,(H,13,14). The first kappa shape index (κ1) is 13.7. The number of hydrogen-bond donors (Lipinski definition) is 1. The average Bonchev–Trinajstić information content (AvgIpc) is 2.23. The molecular formula is C11H16ClN3O2. The molecule has 0 radical (unpaired) electrons. The molecule has 0 aliphatic carbocycles. The van der Waals surface area contributed by atoms with E-state index in [9.17, 15) is 10.1 Å². The second-order valence-electron chi connectivity index (χ2n) is 4.25. The zero-order chi connectivity index (χ0) is 12.8. The van der Waals surface area contributed by atoms with E-state index in [4.69, 9.17) is 11.6 Å². The summed E-state index contributed by atoms with van der Waals surface area (Å²) in [6, 6.07) is 2.63. The number of anilines is 1. The first-order valence-electron chi connectivity index (χ1n) is 5.55. The van der Waals surface area contributed by atoms with Gasteiger partial charge in [0.15, 0.2) is 0 Å². The van der Waals surface area contributed by atoms with Crippen molar-refractivity contribution in [1.82, 2.24) is 4.98 Å². The van der Waals surface area contributed by atoms with E-state index in [2.05, 4.69) is 24.1 Å². The van der Waals surface area contributed by atoms with Crippen LogP contribution in [0.5, 0.6) is 0 Å². The molecule has 17 heavy (non-hydrogen) atoms. The molecule has 0 amide bonds. The Kier molecular flexibility index (Phi) is 5.15. The van der Waals surface area contributed by atoms with E-state index in [-0.39, 0.29) is 10.8 Å². The van der Waals surface area contributed by atoms with Crippen LogP contribution in [0.15, 0.2) is 12.1 Å². The van der Waals surface area contributed by atoms with E-state index < -0.39 is 4.92 Å². The number of nitrogens with one attached hydrogen (secondary N) is 1. The fraction of sp³-hybridized carbons (Fsp3) is 0.545. The molecule has 0 bridgehead atoms. The SMILES string of the molecule is CC(C)CCCNc1cc([N+](=O)[O-])cc(Cl)n1. The van der Waals surface area contributed by atoms with E-state index in [0.717, 1.165) is 19.4 Å². The van der Waals surface area contributed by atoms with Crippen LogP contribution in [0.1, 0.15) is 26.7 Å². The fourth-order valence-corrected chi connectivity index (χ4v) is 1.61. The Hall–Kier alpha value is -1.36. The highest BCUT2D eigenvalue weighted by Gasteiger charge is 2.09. The second kappa shape index (κ2) is 6.39. The van der Waals surface area contributed by atoms with Gasteiger partial charge >= 0.3 is 0 Å². The minimum atomic E-state index is -0.479. The molecule has 0 saturated heterocycles. The summed E-state index contributed by atoms with van der Waals surface area (Å²) in [5.74, 6) is 1.10. The van der Waals surface area contributed by atoms with E-state index >= 15 is 0 Å². The minimum absolute atomic E-state index is 0.0450. The lowest BCUT2D eigenvalue weighted by Gasteiger charge is -2.07. The van der Waals surface area contributed by atoms with Gasteiger partial charge in [-0.05, 0) is 18.8 Å². The smallest absolute Gasteiger partial charge is 0.276 e. The van der Waals surface area contributed by atoms with Crippen molar-refractivity contribution in [2.24, 2.45) is 5.92 Å². The number of aromatic nitrogens is 1. The summed E-state index contributed by atoms with van der Waals surface area (Å²) in [4.78, 5) is 14.1. The van der Waals surface area contributed by atoms with Crippen molar-refractivity contribution >= 4 is 23.1 Å². The lowest BCUT2D eigenvalue weighted by Crippen LogP contribution is -2.05. The lowest BCUT2D eigenvalue weighted by atomic mass is 10.1. The Bertz CT molecular complexity index is 396. The molecule has 0 aliphatic rings. The van der Waals surface area contributed by atoms with Gasteiger partial charge in [0.05, 0.1) is 17.1 Å². The summed E-state index contributed by atoms with van der Waals surface area (Å²) in [6.07, 6.45) is 2.11. The maximum absolute atomic E-state index is 10.6. The third-order valence-corrected chi connectivity index (χ3v) is 2.45. The van der Waals surface area contributed by atoms with Crippen molar-refractivity contribution in [3.63, 3.8) is 0 Å². The quantitative estimate of drug-likeness (QED) is 0.367. The summed E-state index contributed by atoms with van der Waals surface area (Å²) in [6.45, 7) is 5.05. The van der Waals surface area contributed by atoms with Gasteiger partial charge < -0.3 is 5.32 Å². The van der Waals surface area contributed by atoms with Crippen LogP contribution >= 0.6 is 11.6 Å². The number of halogens is 1. The maximum Gasteiger partial charge on any atom is 0.276 e. The predicted octanol–water partition coefficient (Wildman–Crippen LogP) is 3.49. The first-order valence-corrected chi connectivity index (χ1v) is 5.92.